The number of esters is 1. The Kier molecular flexibility index (Phi) is 3.37. The topological polar surface area (TPSA) is 38.3 Å². The lowest BCUT2D eigenvalue weighted by molar-refractivity contribution is 0.0469. The lowest BCUT2D eigenvalue weighted by atomic mass is 10.1. The van der Waals surface area contributed by atoms with Crippen LogP contribution in [0.5, 0.6) is 0 Å². The van der Waals surface area contributed by atoms with Gasteiger partial charge in [-0.25, -0.2) is 9.18 Å². The Morgan fingerprint density at radius 2 is 2.10 bits per heavy atom. The van der Waals surface area contributed by atoms with Crippen LogP contribution in [0.15, 0.2) is 42.5 Å². The predicted molar refractivity (Wildman–Crippen MR) is 74.2 cm³/mol. The first kappa shape index (κ1) is 12.7. The molecule has 2 aromatic carbocycles. The quantitative estimate of drug-likeness (QED) is 0.871. The van der Waals surface area contributed by atoms with E-state index in [4.69, 9.17) is 4.74 Å². The van der Waals surface area contributed by atoms with Crippen molar-refractivity contribution in [2.45, 2.75) is 13.0 Å². The third-order valence-electron chi connectivity index (χ3n) is 3.37. The van der Waals surface area contributed by atoms with Crippen molar-refractivity contribution in [3.8, 4) is 0 Å². The van der Waals surface area contributed by atoms with Crippen molar-refractivity contribution < 1.29 is 13.9 Å². The maximum Gasteiger partial charge on any atom is 0.338 e. The van der Waals surface area contributed by atoms with E-state index < -0.39 is 5.97 Å². The van der Waals surface area contributed by atoms with E-state index in [-0.39, 0.29) is 12.4 Å². The maximum absolute atomic E-state index is 13.4. The van der Waals surface area contributed by atoms with Crippen molar-refractivity contribution in [3.05, 3.63) is 65.0 Å². The molecular formula is C16H14FNO2. The summed E-state index contributed by atoms with van der Waals surface area (Å²) in [5, 5.41) is 3.21. The molecule has 0 atom stereocenters. The third kappa shape index (κ3) is 2.50. The first-order chi connectivity index (χ1) is 9.74. The highest BCUT2D eigenvalue weighted by Gasteiger charge is 2.14. The third-order valence-corrected chi connectivity index (χ3v) is 3.37. The van der Waals surface area contributed by atoms with Crippen LogP contribution in [-0.4, -0.2) is 12.5 Å². The number of hydrogen-bond donors (Lipinski definition) is 1. The van der Waals surface area contributed by atoms with Crippen molar-refractivity contribution in [1.82, 2.24) is 0 Å². The molecule has 0 spiro atoms. The van der Waals surface area contributed by atoms with Crippen LogP contribution in [0, 0.1) is 5.82 Å². The number of benzene rings is 2. The van der Waals surface area contributed by atoms with E-state index in [1.54, 1.807) is 30.3 Å². The molecule has 0 aliphatic carbocycles. The minimum Gasteiger partial charge on any atom is -0.457 e. The molecule has 3 nitrogen and oxygen atoms in total. The molecule has 2 aromatic rings. The van der Waals surface area contributed by atoms with Crippen LogP contribution in [0.25, 0.3) is 0 Å². The van der Waals surface area contributed by atoms with E-state index in [0.29, 0.717) is 11.1 Å². The van der Waals surface area contributed by atoms with Gasteiger partial charge in [-0.3, -0.25) is 0 Å². The molecular weight excluding hydrogens is 257 g/mol. The Morgan fingerprint density at radius 3 is 2.95 bits per heavy atom. The second kappa shape index (κ2) is 5.33. The summed E-state index contributed by atoms with van der Waals surface area (Å²) >= 11 is 0. The second-order valence-electron chi connectivity index (χ2n) is 4.72. The fourth-order valence-electron chi connectivity index (χ4n) is 2.26. The number of fused-ring (bicyclic) bond motifs is 1. The van der Waals surface area contributed by atoms with Gasteiger partial charge in [-0.1, -0.05) is 24.3 Å². The van der Waals surface area contributed by atoms with Gasteiger partial charge < -0.3 is 10.1 Å². The van der Waals surface area contributed by atoms with Gasteiger partial charge in [-0.15, -0.1) is 0 Å². The van der Waals surface area contributed by atoms with E-state index in [9.17, 15) is 9.18 Å². The molecule has 0 aromatic heterocycles. The van der Waals surface area contributed by atoms with Crippen LogP contribution in [-0.2, 0) is 17.8 Å². The lowest BCUT2D eigenvalue weighted by Gasteiger charge is -2.07. The number of carbonyl (C=O) groups excluding carboxylic acids is 1. The number of hydrogen-bond acceptors (Lipinski definition) is 3. The first-order valence-corrected chi connectivity index (χ1v) is 6.51. The van der Waals surface area contributed by atoms with E-state index in [1.807, 2.05) is 6.07 Å². The van der Waals surface area contributed by atoms with E-state index in [1.165, 1.54) is 11.6 Å². The minimum absolute atomic E-state index is 0.0595. The Labute approximate surface area is 116 Å². The van der Waals surface area contributed by atoms with E-state index >= 15 is 0 Å². The van der Waals surface area contributed by atoms with Crippen LogP contribution < -0.4 is 5.32 Å². The van der Waals surface area contributed by atoms with Crippen LogP contribution in [0.3, 0.4) is 0 Å². The van der Waals surface area contributed by atoms with Crippen molar-refractivity contribution in [2.75, 3.05) is 11.9 Å². The minimum atomic E-state index is -0.440. The molecule has 4 heteroatoms. The second-order valence-corrected chi connectivity index (χ2v) is 4.72. The summed E-state index contributed by atoms with van der Waals surface area (Å²) in [7, 11) is 0. The van der Waals surface area contributed by atoms with Crippen LogP contribution in [0.2, 0.25) is 0 Å². The van der Waals surface area contributed by atoms with Crippen molar-refractivity contribution in [3.63, 3.8) is 0 Å². The number of carbonyl (C=O) groups is 1. The number of ether oxygens (including phenoxy) is 1. The first-order valence-electron chi connectivity index (χ1n) is 6.51. The summed E-state index contributed by atoms with van der Waals surface area (Å²) in [6.45, 7) is 0.832. The number of nitrogens with one attached hydrogen (secondary N) is 1. The van der Waals surface area contributed by atoms with Gasteiger partial charge in [0.05, 0.1) is 5.56 Å². The van der Waals surface area contributed by atoms with E-state index in [2.05, 4.69) is 5.32 Å². The molecule has 102 valence electrons. The van der Waals surface area contributed by atoms with Crippen LogP contribution in [0.4, 0.5) is 10.1 Å². The highest BCUT2D eigenvalue weighted by Crippen LogP contribution is 2.23. The molecule has 20 heavy (non-hydrogen) atoms. The van der Waals surface area contributed by atoms with Gasteiger partial charge in [0.2, 0.25) is 0 Å². The monoisotopic (exact) mass is 271 g/mol. The molecule has 0 unspecified atom stereocenters. The standard InChI is InChI=1S/C16H14FNO2/c17-14-4-2-1-3-13(14)10-20-16(19)12-6-5-11-7-8-18-15(11)9-12/h1-6,9,18H,7-8,10H2. The van der Waals surface area contributed by atoms with Crippen molar-refractivity contribution >= 4 is 11.7 Å². The Morgan fingerprint density at radius 1 is 1.25 bits per heavy atom. The zero-order chi connectivity index (χ0) is 13.9. The smallest absolute Gasteiger partial charge is 0.338 e. The largest absolute Gasteiger partial charge is 0.457 e. The molecule has 1 aliphatic rings. The summed E-state index contributed by atoms with van der Waals surface area (Å²) < 4.78 is 18.6. The van der Waals surface area contributed by atoms with Gasteiger partial charge in [0.15, 0.2) is 0 Å². The molecule has 0 saturated carbocycles. The van der Waals surface area contributed by atoms with Gasteiger partial charge in [0, 0.05) is 17.8 Å². The summed E-state index contributed by atoms with van der Waals surface area (Å²) in [5.41, 5.74) is 3.04. The van der Waals surface area contributed by atoms with Gasteiger partial charge in [-0.05, 0) is 30.2 Å². The predicted octanol–water partition coefficient (Wildman–Crippen LogP) is 3.15. The summed E-state index contributed by atoms with van der Waals surface area (Å²) in [6, 6.07) is 11.7. The Hall–Kier alpha value is -2.36. The Balaban J connectivity index is 1.69. The van der Waals surface area contributed by atoms with Gasteiger partial charge in [0.25, 0.3) is 0 Å². The van der Waals surface area contributed by atoms with Crippen molar-refractivity contribution in [1.29, 1.82) is 0 Å². The van der Waals surface area contributed by atoms with Gasteiger partial charge in [0.1, 0.15) is 12.4 Å². The molecule has 0 bridgehead atoms. The molecule has 0 radical (unpaired) electrons. The average molecular weight is 271 g/mol. The maximum atomic E-state index is 13.4. The molecule has 0 fully saturated rings. The average Bonchev–Trinajstić information content (AvgIpc) is 2.93. The highest BCUT2D eigenvalue weighted by atomic mass is 19.1. The molecule has 3 rings (SSSR count). The summed E-state index contributed by atoms with van der Waals surface area (Å²) in [4.78, 5) is 12.0. The summed E-state index contributed by atoms with van der Waals surface area (Å²) in [6.07, 6.45) is 0.972. The molecule has 1 N–H and O–H groups in total. The normalized spacial score (nSPS) is 12.7. The van der Waals surface area contributed by atoms with E-state index in [0.717, 1.165) is 18.7 Å². The van der Waals surface area contributed by atoms with Crippen LogP contribution in [0.1, 0.15) is 21.5 Å². The SMILES string of the molecule is O=C(OCc1ccccc1F)c1ccc2c(c1)NCC2. The fourth-order valence-corrected chi connectivity index (χ4v) is 2.26. The zero-order valence-electron chi connectivity index (χ0n) is 10.9. The molecule has 0 amide bonds. The molecule has 1 heterocycles. The molecule has 0 saturated heterocycles. The number of halogens is 1. The van der Waals surface area contributed by atoms with Gasteiger partial charge >= 0.3 is 5.97 Å². The van der Waals surface area contributed by atoms with Crippen molar-refractivity contribution in [2.24, 2.45) is 0 Å². The fraction of sp³-hybridized carbons (Fsp3) is 0.188. The number of rotatable bonds is 3. The lowest BCUT2D eigenvalue weighted by Crippen LogP contribution is -2.06. The Bertz CT molecular complexity index is 655. The van der Waals surface area contributed by atoms with Gasteiger partial charge in [-0.2, -0.15) is 0 Å². The summed E-state index contributed by atoms with van der Waals surface area (Å²) in [5.74, 6) is -0.805. The zero-order valence-corrected chi connectivity index (χ0v) is 10.9. The van der Waals surface area contributed by atoms with Crippen LogP contribution >= 0.6 is 0 Å². The highest BCUT2D eigenvalue weighted by molar-refractivity contribution is 5.91. The molecule has 1 aliphatic heterocycles. The number of anilines is 1.